The summed E-state index contributed by atoms with van der Waals surface area (Å²) in [6.45, 7) is 0. The normalized spacial score (nSPS) is 18.2. The standard InChI is InChI=1S/C12H10O4/c13-11-3-1-7-5-8-2-4-12(14)16-10(8)6-9(7)15-11/h5-6H,1-4H2. The van der Waals surface area contributed by atoms with E-state index in [-0.39, 0.29) is 11.9 Å². The molecule has 0 fully saturated rings. The minimum absolute atomic E-state index is 0.227. The zero-order chi connectivity index (χ0) is 11.1. The first kappa shape index (κ1) is 9.39. The molecule has 1 aromatic rings. The summed E-state index contributed by atoms with van der Waals surface area (Å²) >= 11 is 0. The van der Waals surface area contributed by atoms with E-state index >= 15 is 0 Å². The summed E-state index contributed by atoms with van der Waals surface area (Å²) in [6, 6.07) is 3.63. The van der Waals surface area contributed by atoms with Crippen LogP contribution in [0.15, 0.2) is 12.1 Å². The molecule has 2 heterocycles. The molecule has 2 aliphatic heterocycles. The maximum Gasteiger partial charge on any atom is 0.311 e. The molecule has 4 nitrogen and oxygen atoms in total. The van der Waals surface area contributed by atoms with Crippen molar-refractivity contribution in [1.29, 1.82) is 0 Å². The first-order valence-corrected chi connectivity index (χ1v) is 5.29. The van der Waals surface area contributed by atoms with Crippen molar-refractivity contribution in [3.63, 3.8) is 0 Å². The number of hydrogen-bond acceptors (Lipinski definition) is 4. The largest absolute Gasteiger partial charge is 0.426 e. The number of hydrogen-bond donors (Lipinski definition) is 0. The van der Waals surface area contributed by atoms with Gasteiger partial charge in [-0.1, -0.05) is 0 Å². The van der Waals surface area contributed by atoms with Crippen LogP contribution < -0.4 is 9.47 Å². The monoisotopic (exact) mass is 218 g/mol. The van der Waals surface area contributed by atoms with E-state index in [0.717, 1.165) is 11.1 Å². The molecular formula is C12H10O4. The molecule has 0 spiro atoms. The summed E-state index contributed by atoms with van der Waals surface area (Å²) < 4.78 is 10.2. The van der Waals surface area contributed by atoms with Crippen molar-refractivity contribution < 1.29 is 19.1 Å². The Morgan fingerprint density at radius 1 is 0.750 bits per heavy atom. The van der Waals surface area contributed by atoms with Crippen molar-refractivity contribution >= 4 is 11.9 Å². The molecule has 0 saturated carbocycles. The molecule has 82 valence electrons. The number of aryl methyl sites for hydroxylation is 2. The fourth-order valence-electron chi connectivity index (χ4n) is 2.06. The summed E-state index contributed by atoms with van der Waals surface area (Å²) in [6.07, 6.45) is 2.25. The van der Waals surface area contributed by atoms with Gasteiger partial charge in [-0.15, -0.1) is 0 Å². The lowest BCUT2D eigenvalue weighted by Crippen LogP contribution is -2.19. The second kappa shape index (κ2) is 3.33. The average molecular weight is 218 g/mol. The smallest absolute Gasteiger partial charge is 0.311 e. The van der Waals surface area contributed by atoms with Gasteiger partial charge in [0.2, 0.25) is 0 Å². The third-order valence-electron chi connectivity index (χ3n) is 2.89. The van der Waals surface area contributed by atoms with Gasteiger partial charge in [0.1, 0.15) is 11.5 Å². The van der Waals surface area contributed by atoms with Crippen LogP contribution >= 0.6 is 0 Å². The quantitative estimate of drug-likeness (QED) is 0.487. The van der Waals surface area contributed by atoms with Gasteiger partial charge in [-0.2, -0.15) is 0 Å². The Morgan fingerprint density at radius 2 is 1.25 bits per heavy atom. The number of carbonyl (C=O) groups is 2. The Morgan fingerprint density at radius 3 is 1.75 bits per heavy atom. The fraction of sp³-hybridized carbons (Fsp3) is 0.333. The molecule has 0 N–H and O–H groups in total. The third kappa shape index (κ3) is 1.46. The maximum atomic E-state index is 11.1. The highest BCUT2D eigenvalue weighted by molar-refractivity contribution is 5.78. The van der Waals surface area contributed by atoms with Crippen LogP contribution in [-0.4, -0.2) is 11.9 Å². The van der Waals surface area contributed by atoms with Crippen LogP contribution in [0.4, 0.5) is 0 Å². The van der Waals surface area contributed by atoms with E-state index in [4.69, 9.17) is 9.47 Å². The van der Waals surface area contributed by atoms with E-state index in [1.807, 2.05) is 6.07 Å². The summed E-state index contributed by atoms with van der Waals surface area (Å²) in [5, 5.41) is 0. The lowest BCUT2D eigenvalue weighted by molar-refractivity contribution is -0.135. The molecule has 1 aromatic carbocycles. The zero-order valence-electron chi connectivity index (χ0n) is 8.62. The molecule has 2 aliphatic rings. The predicted molar refractivity (Wildman–Crippen MR) is 54.4 cm³/mol. The Labute approximate surface area is 92.2 Å². The number of benzene rings is 1. The summed E-state index contributed by atoms with van der Waals surface area (Å²) in [5.41, 5.74) is 2.05. The predicted octanol–water partition coefficient (Wildman–Crippen LogP) is 1.39. The highest BCUT2D eigenvalue weighted by Gasteiger charge is 2.23. The van der Waals surface area contributed by atoms with Crippen LogP contribution in [0.5, 0.6) is 11.5 Å². The van der Waals surface area contributed by atoms with Crippen LogP contribution in [0, 0.1) is 0 Å². The number of rotatable bonds is 0. The van der Waals surface area contributed by atoms with Crippen LogP contribution in [0.2, 0.25) is 0 Å². The highest BCUT2D eigenvalue weighted by Crippen LogP contribution is 2.35. The Kier molecular flexibility index (Phi) is 1.96. The first-order valence-electron chi connectivity index (χ1n) is 5.29. The summed E-state index contributed by atoms with van der Waals surface area (Å²) in [7, 11) is 0. The van der Waals surface area contributed by atoms with Gasteiger partial charge < -0.3 is 9.47 Å². The average Bonchev–Trinajstić information content (AvgIpc) is 2.26. The maximum absolute atomic E-state index is 11.1. The molecule has 0 radical (unpaired) electrons. The number of carbonyl (C=O) groups excluding carboxylic acids is 2. The van der Waals surface area contributed by atoms with Crippen molar-refractivity contribution in [3.8, 4) is 11.5 Å². The number of esters is 2. The van der Waals surface area contributed by atoms with E-state index in [0.29, 0.717) is 37.2 Å². The zero-order valence-corrected chi connectivity index (χ0v) is 8.62. The molecule has 0 amide bonds. The van der Waals surface area contributed by atoms with E-state index in [9.17, 15) is 9.59 Å². The van der Waals surface area contributed by atoms with Gasteiger partial charge in [0.25, 0.3) is 0 Å². The molecule has 0 saturated heterocycles. The number of fused-ring (bicyclic) bond motifs is 2. The van der Waals surface area contributed by atoms with E-state index in [1.54, 1.807) is 6.07 Å². The van der Waals surface area contributed by atoms with Crippen LogP contribution in [0.25, 0.3) is 0 Å². The first-order chi connectivity index (χ1) is 7.72. The van der Waals surface area contributed by atoms with Crippen molar-refractivity contribution in [2.75, 3.05) is 0 Å². The summed E-state index contributed by atoms with van der Waals surface area (Å²) in [4.78, 5) is 22.3. The lowest BCUT2D eigenvalue weighted by atomic mass is 9.98. The molecule has 0 aromatic heterocycles. The van der Waals surface area contributed by atoms with Gasteiger partial charge in [-0.05, 0) is 30.0 Å². The molecule has 0 bridgehead atoms. The van der Waals surface area contributed by atoms with Crippen LogP contribution in [0.3, 0.4) is 0 Å². The van der Waals surface area contributed by atoms with Gasteiger partial charge in [0.15, 0.2) is 0 Å². The molecule has 4 heteroatoms. The second-order valence-electron chi connectivity index (χ2n) is 4.02. The fourth-order valence-corrected chi connectivity index (χ4v) is 2.06. The summed E-state index contributed by atoms with van der Waals surface area (Å²) in [5.74, 6) is 0.610. The third-order valence-corrected chi connectivity index (χ3v) is 2.89. The second-order valence-corrected chi connectivity index (χ2v) is 4.02. The van der Waals surface area contributed by atoms with Crippen molar-refractivity contribution in [2.45, 2.75) is 25.7 Å². The van der Waals surface area contributed by atoms with Crippen LogP contribution in [0.1, 0.15) is 24.0 Å². The van der Waals surface area contributed by atoms with Crippen molar-refractivity contribution in [1.82, 2.24) is 0 Å². The topological polar surface area (TPSA) is 52.6 Å². The van der Waals surface area contributed by atoms with Gasteiger partial charge in [-0.3, -0.25) is 9.59 Å². The van der Waals surface area contributed by atoms with E-state index in [1.165, 1.54) is 0 Å². The molecule has 0 atom stereocenters. The molecule has 0 aliphatic carbocycles. The minimum Gasteiger partial charge on any atom is -0.426 e. The van der Waals surface area contributed by atoms with Gasteiger partial charge in [0.05, 0.1) is 12.8 Å². The Bertz CT molecular complexity index is 449. The van der Waals surface area contributed by atoms with Gasteiger partial charge in [-0.25, -0.2) is 0 Å². The number of ether oxygens (including phenoxy) is 2. The van der Waals surface area contributed by atoms with E-state index in [2.05, 4.69) is 0 Å². The van der Waals surface area contributed by atoms with Crippen molar-refractivity contribution in [2.24, 2.45) is 0 Å². The van der Waals surface area contributed by atoms with Crippen molar-refractivity contribution in [3.05, 3.63) is 23.3 Å². The SMILES string of the molecule is O=C1CCc2cc3c(cc2O1)OC(=O)CC3. The lowest BCUT2D eigenvalue weighted by Gasteiger charge is -2.21. The Hall–Kier alpha value is -1.84. The van der Waals surface area contributed by atoms with E-state index < -0.39 is 0 Å². The molecule has 0 unspecified atom stereocenters. The van der Waals surface area contributed by atoms with Crippen LogP contribution in [-0.2, 0) is 22.4 Å². The highest BCUT2D eigenvalue weighted by atomic mass is 16.5. The Balaban J connectivity index is 2.05. The minimum atomic E-state index is -0.227. The molecule has 3 rings (SSSR count). The molecule has 16 heavy (non-hydrogen) atoms. The molecular weight excluding hydrogens is 208 g/mol. The van der Waals surface area contributed by atoms with Gasteiger partial charge >= 0.3 is 11.9 Å². The van der Waals surface area contributed by atoms with Gasteiger partial charge in [0, 0.05) is 6.07 Å².